The standard InChI is InChI=1S/C18H17FN4S/c1-11-4-3-5-15-12(2)10-16(21-17(11)15)22-23-18(24)20-14-8-6-13(19)7-9-14/h3-10H,1-2H3,(H,21,22)(H2,20,23,24). The van der Waals surface area contributed by atoms with E-state index in [1.807, 2.05) is 32.0 Å². The third kappa shape index (κ3) is 3.60. The maximum absolute atomic E-state index is 12.9. The van der Waals surface area contributed by atoms with Crippen LogP contribution in [0.5, 0.6) is 0 Å². The van der Waals surface area contributed by atoms with Crippen LogP contribution in [0.2, 0.25) is 0 Å². The number of anilines is 2. The van der Waals surface area contributed by atoms with Gasteiger partial charge in [0.25, 0.3) is 0 Å². The number of para-hydroxylation sites is 1. The maximum Gasteiger partial charge on any atom is 0.189 e. The fourth-order valence-electron chi connectivity index (χ4n) is 2.44. The first-order valence-electron chi connectivity index (χ1n) is 7.48. The number of nitrogens with zero attached hydrogens (tertiary/aromatic N) is 1. The van der Waals surface area contributed by atoms with Gasteiger partial charge in [-0.25, -0.2) is 9.37 Å². The van der Waals surface area contributed by atoms with E-state index in [0.29, 0.717) is 16.6 Å². The summed E-state index contributed by atoms with van der Waals surface area (Å²) in [5, 5.41) is 4.46. The van der Waals surface area contributed by atoms with E-state index in [1.54, 1.807) is 12.1 Å². The van der Waals surface area contributed by atoms with Crippen molar-refractivity contribution in [2.24, 2.45) is 0 Å². The lowest BCUT2D eigenvalue weighted by atomic mass is 10.1. The second kappa shape index (κ2) is 6.80. The van der Waals surface area contributed by atoms with Crippen LogP contribution in [0.3, 0.4) is 0 Å². The highest BCUT2D eigenvalue weighted by atomic mass is 32.1. The molecular weight excluding hydrogens is 323 g/mol. The normalized spacial score (nSPS) is 10.5. The Morgan fingerprint density at radius 2 is 1.79 bits per heavy atom. The molecule has 1 aromatic heterocycles. The third-order valence-corrected chi connectivity index (χ3v) is 3.86. The Bertz CT molecular complexity index is 893. The molecule has 1 heterocycles. The molecule has 0 aliphatic heterocycles. The Morgan fingerprint density at radius 3 is 2.54 bits per heavy atom. The first-order valence-corrected chi connectivity index (χ1v) is 7.89. The molecule has 0 saturated carbocycles. The lowest BCUT2D eigenvalue weighted by molar-refractivity contribution is 0.628. The number of pyridine rings is 1. The van der Waals surface area contributed by atoms with Gasteiger partial charge >= 0.3 is 0 Å². The number of rotatable bonds is 3. The Hall–Kier alpha value is -2.73. The fourth-order valence-corrected chi connectivity index (χ4v) is 2.61. The fraction of sp³-hybridized carbons (Fsp3) is 0.111. The highest BCUT2D eigenvalue weighted by Crippen LogP contribution is 2.22. The van der Waals surface area contributed by atoms with E-state index in [1.165, 1.54) is 12.1 Å². The zero-order valence-corrected chi connectivity index (χ0v) is 14.2. The number of thiocarbonyl (C=S) groups is 1. The van der Waals surface area contributed by atoms with Gasteiger partial charge in [-0.15, -0.1) is 0 Å². The Labute approximate surface area is 145 Å². The number of hydrogen-bond donors (Lipinski definition) is 3. The second-order valence-corrected chi connectivity index (χ2v) is 5.91. The van der Waals surface area contributed by atoms with Crippen molar-refractivity contribution in [3.8, 4) is 0 Å². The number of nitrogens with one attached hydrogen (secondary N) is 3. The van der Waals surface area contributed by atoms with E-state index in [-0.39, 0.29) is 5.82 Å². The van der Waals surface area contributed by atoms with E-state index in [9.17, 15) is 4.39 Å². The van der Waals surface area contributed by atoms with Gasteiger partial charge in [0.05, 0.1) is 5.52 Å². The number of fused-ring (bicyclic) bond motifs is 1. The van der Waals surface area contributed by atoms with Crippen molar-refractivity contribution in [3.05, 3.63) is 65.5 Å². The van der Waals surface area contributed by atoms with Gasteiger partial charge in [-0.1, -0.05) is 18.2 Å². The van der Waals surface area contributed by atoms with E-state index in [2.05, 4.69) is 27.2 Å². The molecule has 2 aromatic carbocycles. The molecule has 0 amide bonds. The zero-order valence-electron chi connectivity index (χ0n) is 13.4. The van der Waals surface area contributed by atoms with Crippen LogP contribution in [0.1, 0.15) is 11.1 Å². The predicted octanol–water partition coefficient (Wildman–Crippen LogP) is 4.30. The Kier molecular flexibility index (Phi) is 4.57. The average molecular weight is 340 g/mol. The molecule has 6 heteroatoms. The molecule has 24 heavy (non-hydrogen) atoms. The summed E-state index contributed by atoms with van der Waals surface area (Å²) in [6, 6.07) is 14.0. The summed E-state index contributed by atoms with van der Waals surface area (Å²) in [7, 11) is 0. The van der Waals surface area contributed by atoms with Crippen LogP contribution < -0.4 is 16.2 Å². The van der Waals surface area contributed by atoms with Crippen LogP contribution >= 0.6 is 12.2 Å². The van der Waals surface area contributed by atoms with Gasteiger partial charge in [0.1, 0.15) is 11.6 Å². The summed E-state index contributed by atoms with van der Waals surface area (Å²) < 4.78 is 12.9. The van der Waals surface area contributed by atoms with E-state index < -0.39 is 0 Å². The van der Waals surface area contributed by atoms with Crippen molar-refractivity contribution >= 4 is 39.7 Å². The molecule has 0 saturated heterocycles. The Morgan fingerprint density at radius 1 is 1.04 bits per heavy atom. The van der Waals surface area contributed by atoms with Crippen molar-refractivity contribution in [2.45, 2.75) is 13.8 Å². The smallest absolute Gasteiger partial charge is 0.189 e. The maximum atomic E-state index is 12.9. The molecule has 0 bridgehead atoms. The summed E-state index contributed by atoms with van der Waals surface area (Å²) in [4.78, 5) is 4.62. The van der Waals surface area contributed by atoms with Crippen molar-refractivity contribution in [3.63, 3.8) is 0 Å². The van der Waals surface area contributed by atoms with Crippen LogP contribution in [-0.4, -0.2) is 10.1 Å². The first-order chi connectivity index (χ1) is 11.5. The highest BCUT2D eigenvalue weighted by Gasteiger charge is 2.05. The largest absolute Gasteiger partial charge is 0.331 e. The SMILES string of the molecule is Cc1cc(NNC(=S)Nc2ccc(F)cc2)nc2c(C)cccc12. The molecular formula is C18H17FN4S. The molecule has 3 aromatic rings. The minimum Gasteiger partial charge on any atom is -0.331 e. The quantitative estimate of drug-likeness (QED) is 0.490. The minimum absolute atomic E-state index is 0.288. The number of aromatic nitrogens is 1. The van der Waals surface area contributed by atoms with E-state index in [0.717, 1.165) is 22.0 Å². The number of hydrogen-bond acceptors (Lipinski definition) is 3. The van der Waals surface area contributed by atoms with Crippen LogP contribution in [0.4, 0.5) is 15.9 Å². The molecule has 0 spiro atoms. The molecule has 0 atom stereocenters. The lowest BCUT2D eigenvalue weighted by Crippen LogP contribution is -2.33. The summed E-state index contributed by atoms with van der Waals surface area (Å²) in [5.74, 6) is 0.390. The van der Waals surface area contributed by atoms with Crippen LogP contribution in [0.25, 0.3) is 10.9 Å². The summed E-state index contributed by atoms with van der Waals surface area (Å²) in [5.41, 5.74) is 9.79. The van der Waals surface area contributed by atoms with Crippen molar-refractivity contribution in [2.75, 3.05) is 10.7 Å². The topological polar surface area (TPSA) is 49.0 Å². The monoisotopic (exact) mass is 340 g/mol. The Balaban J connectivity index is 1.70. The van der Waals surface area contributed by atoms with E-state index >= 15 is 0 Å². The number of aryl methyl sites for hydroxylation is 2. The van der Waals surface area contributed by atoms with Gasteiger partial charge in [0, 0.05) is 11.1 Å². The second-order valence-electron chi connectivity index (χ2n) is 5.51. The highest BCUT2D eigenvalue weighted by molar-refractivity contribution is 7.80. The molecule has 0 fully saturated rings. The molecule has 3 rings (SSSR count). The molecule has 3 N–H and O–H groups in total. The van der Waals surface area contributed by atoms with Crippen LogP contribution in [0, 0.1) is 19.7 Å². The van der Waals surface area contributed by atoms with Gasteiger partial charge in [-0.05, 0) is 67.5 Å². The van der Waals surface area contributed by atoms with Crippen molar-refractivity contribution in [1.82, 2.24) is 10.4 Å². The number of hydrazine groups is 1. The molecule has 0 aliphatic carbocycles. The average Bonchev–Trinajstić information content (AvgIpc) is 2.56. The number of halogens is 1. The van der Waals surface area contributed by atoms with Gasteiger partial charge < -0.3 is 5.32 Å². The van der Waals surface area contributed by atoms with E-state index in [4.69, 9.17) is 12.2 Å². The molecule has 0 aliphatic rings. The van der Waals surface area contributed by atoms with Gasteiger partial charge in [0.2, 0.25) is 0 Å². The van der Waals surface area contributed by atoms with Gasteiger partial charge in [0.15, 0.2) is 5.11 Å². The van der Waals surface area contributed by atoms with Gasteiger partial charge in [-0.3, -0.25) is 10.9 Å². The number of benzene rings is 2. The summed E-state index contributed by atoms with van der Waals surface area (Å²) >= 11 is 5.22. The zero-order chi connectivity index (χ0) is 17.1. The minimum atomic E-state index is -0.288. The summed E-state index contributed by atoms with van der Waals surface area (Å²) in [6.07, 6.45) is 0. The molecule has 4 nitrogen and oxygen atoms in total. The lowest BCUT2D eigenvalue weighted by Gasteiger charge is -2.14. The van der Waals surface area contributed by atoms with Crippen LogP contribution in [-0.2, 0) is 0 Å². The summed E-state index contributed by atoms with van der Waals surface area (Å²) in [6.45, 7) is 4.08. The van der Waals surface area contributed by atoms with Crippen molar-refractivity contribution in [1.29, 1.82) is 0 Å². The van der Waals surface area contributed by atoms with Gasteiger partial charge in [-0.2, -0.15) is 0 Å². The first kappa shape index (κ1) is 16.1. The van der Waals surface area contributed by atoms with Crippen molar-refractivity contribution < 1.29 is 4.39 Å². The predicted molar refractivity (Wildman–Crippen MR) is 101 cm³/mol. The van der Waals surface area contributed by atoms with Crippen LogP contribution in [0.15, 0.2) is 48.5 Å². The molecule has 0 unspecified atom stereocenters. The third-order valence-electron chi connectivity index (χ3n) is 3.65. The molecule has 0 radical (unpaired) electrons. The molecule has 122 valence electrons.